The summed E-state index contributed by atoms with van der Waals surface area (Å²) in [5, 5.41) is 3.79. The molecule has 3 aromatic carbocycles. The van der Waals surface area contributed by atoms with E-state index < -0.39 is 0 Å². The minimum Gasteiger partial charge on any atom is -0.368 e. The van der Waals surface area contributed by atoms with Crippen molar-refractivity contribution < 1.29 is 0 Å². The zero-order valence-corrected chi connectivity index (χ0v) is 14.9. The maximum absolute atomic E-state index is 5.97. The molecule has 1 atom stereocenters. The highest BCUT2D eigenvalue weighted by Gasteiger charge is 2.23. The van der Waals surface area contributed by atoms with Crippen LogP contribution < -0.4 is 11.1 Å². The van der Waals surface area contributed by atoms with Crippen LogP contribution in [0, 0.1) is 0 Å². The lowest BCUT2D eigenvalue weighted by molar-refractivity contribution is 0.882. The summed E-state index contributed by atoms with van der Waals surface area (Å²) in [6.45, 7) is 0.404. The molecule has 2 heterocycles. The number of rotatable bonds is 3. The lowest BCUT2D eigenvalue weighted by atomic mass is 10.2. The van der Waals surface area contributed by atoms with E-state index in [1.165, 1.54) is 16.1 Å². The summed E-state index contributed by atoms with van der Waals surface area (Å²) in [6.07, 6.45) is 0. The van der Waals surface area contributed by atoms with Gasteiger partial charge in [-0.15, -0.1) is 0 Å². The van der Waals surface area contributed by atoms with Crippen LogP contribution in [0.2, 0.25) is 0 Å². The molecule has 3 N–H and O–H groups in total. The molecular weight excluding hydrogens is 340 g/mol. The Morgan fingerprint density at radius 2 is 1.81 bits per heavy atom. The van der Waals surface area contributed by atoms with Crippen molar-refractivity contribution >= 4 is 28.5 Å². The average molecular weight is 358 g/mol. The largest absolute Gasteiger partial charge is 0.368 e. The number of imidazole rings is 1. The van der Waals surface area contributed by atoms with Gasteiger partial charge in [-0.05, 0) is 42.0 Å². The molecular formula is C21H18N4S. The van der Waals surface area contributed by atoms with Crippen molar-refractivity contribution in [3.63, 3.8) is 0 Å². The standard InChI is InChI=1S/C21H18N4S/c22-13-20-23-17-12-14(21-24-16-8-4-5-9-19(16)26-21)10-11-18(17)25(20)15-6-2-1-3-7-15/h1-12,21,24H,13,22H2. The first-order valence-corrected chi connectivity index (χ1v) is 9.50. The molecule has 1 aliphatic heterocycles. The van der Waals surface area contributed by atoms with E-state index in [0.717, 1.165) is 22.5 Å². The molecule has 1 aromatic heterocycles. The molecule has 0 saturated carbocycles. The maximum Gasteiger partial charge on any atom is 0.128 e. The van der Waals surface area contributed by atoms with Crippen LogP contribution in [0.3, 0.4) is 0 Å². The van der Waals surface area contributed by atoms with Gasteiger partial charge in [0.2, 0.25) is 0 Å². The summed E-state index contributed by atoms with van der Waals surface area (Å²) in [4.78, 5) is 6.08. The van der Waals surface area contributed by atoms with Crippen molar-refractivity contribution in [2.45, 2.75) is 16.8 Å². The Morgan fingerprint density at radius 1 is 1.00 bits per heavy atom. The topological polar surface area (TPSA) is 55.9 Å². The minimum atomic E-state index is 0.208. The van der Waals surface area contributed by atoms with Gasteiger partial charge < -0.3 is 11.1 Å². The van der Waals surface area contributed by atoms with E-state index in [4.69, 9.17) is 10.7 Å². The number of nitrogens with zero attached hydrogens (tertiary/aromatic N) is 2. The second kappa shape index (κ2) is 6.20. The van der Waals surface area contributed by atoms with Crippen LogP contribution >= 0.6 is 11.8 Å². The first-order chi connectivity index (χ1) is 12.8. The van der Waals surface area contributed by atoms with E-state index in [9.17, 15) is 0 Å². The summed E-state index contributed by atoms with van der Waals surface area (Å²) in [6, 6.07) is 25.2. The Bertz CT molecular complexity index is 1060. The van der Waals surface area contributed by atoms with Crippen molar-refractivity contribution in [2.75, 3.05) is 5.32 Å². The molecule has 26 heavy (non-hydrogen) atoms. The maximum atomic E-state index is 5.97. The van der Waals surface area contributed by atoms with E-state index in [0.29, 0.717) is 6.54 Å². The van der Waals surface area contributed by atoms with Gasteiger partial charge in [0.1, 0.15) is 11.2 Å². The fourth-order valence-corrected chi connectivity index (χ4v) is 4.58. The van der Waals surface area contributed by atoms with Gasteiger partial charge in [-0.1, -0.05) is 48.2 Å². The van der Waals surface area contributed by atoms with Crippen LogP contribution in [0.15, 0.2) is 77.7 Å². The Labute approximate surface area is 156 Å². The number of hydrogen-bond acceptors (Lipinski definition) is 4. The predicted octanol–water partition coefficient (Wildman–Crippen LogP) is 4.70. The number of para-hydroxylation sites is 2. The van der Waals surface area contributed by atoms with Crippen molar-refractivity contribution in [1.29, 1.82) is 0 Å². The monoisotopic (exact) mass is 358 g/mol. The summed E-state index contributed by atoms with van der Waals surface area (Å²) >= 11 is 1.84. The summed E-state index contributed by atoms with van der Waals surface area (Å²) in [7, 11) is 0. The highest BCUT2D eigenvalue weighted by Crippen LogP contribution is 2.46. The minimum absolute atomic E-state index is 0.208. The summed E-state index contributed by atoms with van der Waals surface area (Å²) < 4.78 is 2.14. The molecule has 128 valence electrons. The number of hydrogen-bond donors (Lipinski definition) is 2. The number of benzene rings is 3. The first-order valence-electron chi connectivity index (χ1n) is 8.62. The molecule has 0 aliphatic carbocycles. The van der Waals surface area contributed by atoms with Crippen molar-refractivity contribution in [3.8, 4) is 5.69 Å². The number of nitrogens with two attached hydrogens (primary N) is 1. The third-order valence-corrected chi connectivity index (χ3v) is 5.90. The Balaban J connectivity index is 1.58. The van der Waals surface area contributed by atoms with Crippen molar-refractivity contribution in [3.05, 3.63) is 84.2 Å². The molecule has 0 bridgehead atoms. The zero-order valence-electron chi connectivity index (χ0n) is 14.1. The normalized spacial score (nSPS) is 15.8. The molecule has 0 spiro atoms. The molecule has 1 aliphatic rings. The molecule has 0 radical (unpaired) electrons. The number of fused-ring (bicyclic) bond motifs is 2. The molecule has 0 saturated heterocycles. The molecule has 4 aromatic rings. The molecule has 0 fully saturated rings. The number of anilines is 1. The van der Waals surface area contributed by atoms with Gasteiger partial charge in [0.25, 0.3) is 0 Å². The predicted molar refractivity (Wildman–Crippen MR) is 108 cm³/mol. The number of nitrogens with one attached hydrogen (secondary N) is 1. The SMILES string of the molecule is NCc1nc2cc(C3Nc4ccccc4S3)ccc2n1-c1ccccc1. The second-order valence-electron chi connectivity index (χ2n) is 6.29. The van der Waals surface area contributed by atoms with Gasteiger partial charge in [0.05, 0.1) is 17.6 Å². The van der Waals surface area contributed by atoms with Crippen molar-refractivity contribution in [1.82, 2.24) is 9.55 Å². The van der Waals surface area contributed by atoms with E-state index >= 15 is 0 Å². The quantitative estimate of drug-likeness (QED) is 0.557. The van der Waals surface area contributed by atoms with Crippen molar-refractivity contribution in [2.24, 2.45) is 5.73 Å². The van der Waals surface area contributed by atoms with Gasteiger partial charge in [0.15, 0.2) is 0 Å². The fourth-order valence-electron chi connectivity index (χ4n) is 3.45. The van der Waals surface area contributed by atoms with Crippen LogP contribution in [-0.2, 0) is 6.54 Å². The smallest absolute Gasteiger partial charge is 0.128 e. The third-order valence-electron chi connectivity index (χ3n) is 4.67. The van der Waals surface area contributed by atoms with E-state index in [1.54, 1.807) is 0 Å². The second-order valence-corrected chi connectivity index (χ2v) is 7.44. The molecule has 0 amide bonds. The zero-order chi connectivity index (χ0) is 17.5. The average Bonchev–Trinajstić information content (AvgIpc) is 3.29. The Morgan fingerprint density at radius 3 is 2.62 bits per heavy atom. The molecule has 5 heteroatoms. The van der Waals surface area contributed by atoms with Gasteiger partial charge in [-0.3, -0.25) is 4.57 Å². The third kappa shape index (κ3) is 2.48. The van der Waals surface area contributed by atoms with Gasteiger partial charge >= 0.3 is 0 Å². The van der Waals surface area contributed by atoms with E-state index in [2.05, 4.69) is 64.5 Å². The molecule has 5 rings (SSSR count). The van der Waals surface area contributed by atoms with Crippen LogP contribution in [0.25, 0.3) is 16.7 Å². The lowest BCUT2D eigenvalue weighted by Gasteiger charge is -2.11. The number of thioether (sulfide) groups is 1. The number of aromatic nitrogens is 2. The highest BCUT2D eigenvalue weighted by molar-refractivity contribution is 8.00. The molecule has 1 unspecified atom stereocenters. The van der Waals surface area contributed by atoms with Crippen LogP contribution in [0.5, 0.6) is 0 Å². The van der Waals surface area contributed by atoms with E-state index in [1.807, 2.05) is 30.0 Å². The Kier molecular flexibility index (Phi) is 3.69. The van der Waals surface area contributed by atoms with Gasteiger partial charge in [-0.2, -0.15) is 0 Å². The van der Waals surface area contributed by atoms with Crippen LogP contribution in [0.4, 0.5) is 5.69 Å². The summed E-state index contributed by atoms with van der Waals surface area (Å²) in [5.74, 6) is 0.874. The lowest BCUT2D eigenvalue weighted by Crippen LogP contribution is -2.06. The fraction of sp³-hybridized carbons (Fsp3) is 0.0952. The Hall–Kier alpha value is -2.76. The summed E-state index contributed by atoms with van der Waals surface area (Å²) in [5.41, 5.74) is 11.5. The van der Waals surface area contributed by atoms with Crippen LogP contribution in [-0.4, -0.2) is 9.55 Å². The van der Waals surface area contributed by atoms with Gasteiger partial charge in [0, 0.05) is 16.3 Å². The molecule has 4 nitrogen and oxygen atoms in total. The van der Waals surface area contributed by atoms with E-state index in [-0.39, 0.29) is 5.37 Å². The van der Waals surface area contributed by atoms with Crippen LogP contribution in [0.1, 0.15) is 16.8 Å². The van der Waals surface area contributed by atoms with Gasteiger partial charge in [-0.25, -0.2) is 4.98 Å². The highest BCUT2D eigenvalue weighted by atomic mass is 32.2. The first kappa shape index (κ1) is 15.5.